The molecule has 0 bridgehead atoms. The van der Waals surface area contributed by atoms with Gasteiger partial charge in [0.2, 0.25) is 5.91 Å². The molecule has 204 valence electrons. The molecule has 1 aliphatic heterocycles. The van der Waals surface area contributed by atoms with Crippen molar-refractivity contribution in [3.63, 3.8) is 0 Å². The Balaban J connectivity index is 0.000000532. The van der Waals surface area contributed by atoms with Crippen molar-refractivity contribution in [3.05, 3.63) is 101 Å². The molecule has 11 heteroatoms. The molecule has 2 amide bonds. The quantitative estimate of drug-likeness (QED) is 0.318. The molecule has 0 spiro atoms. The average Bonchev–Trinajstić information content (AvgIpc) is 3.20. The summed E-state index contributed by atoms with van der Waals surface area (Å²) in [5.41, 5.74) is 11.8. The van der Waals surface area contributed by atoms with Gasteiger partial charge in [-0.1, -0.05) is 48.5 Å². The number of aliphatic carboxylic acids is 1. The minimum absolute atomic E-state index is 0.203. The van der Waals surface area contributed by atoms with Crippen molar-refractivity contribution in [2.45, 2.75) is 26.2 Å². The number of halogens is 3. The number of hydrogen-bond acceptors (Lipinski definition) is 5. The molecule has 0 unspecified atom stereocenters. The molecule has 0 atom stereocenters. The fraction of sp³-hybridized carbons (Fsp3) is 0.179. The minimum atomic E-state index is -5.08. The van der Waals surface area contributed by atoms with E-state index in [0.717, 1.165) is 30.0 Å². The average molecular weight is 541 g/mol. The predicted octanol–water partition coefficient (Wildman–Crippen LogP) is 4.85. The van der Waals surface area contributed by atoms with Crippen molar-refractivity contribution < 1.29 is 32.7 Å². The van der Waals surface area contributed by atoms with E-state index in [2.05, 4.69) is 59.0 Å². The van der Waals surface area contributed by atoms with Gasteiger partial charge in [-0.25, -0.2) is 4.79 Å². The largest absolute Gasteiger partial charge is 0.490 e. The number of alkyl halides is 3. The number of rotatable bonds is 7. The fourth-order valence-electron chi connectivity index (χ4n) is 3.93. The molecule has 0 fully saturated rings. The molecular formula is C28H27F3N4O4. The van der Waals surface area contributed by atoms with E-state index in [1.165, 1.54) is 11.1 Å². The Bertz CT molecular complexity index is 1390. The molecule has 1 aliphatic rings. The number of amides is 2. The van der Waals surface area contributed by atoms with Gasteiger partial charge in [-0.3, -0.25) is 14.5 Å². The van der Waals surface area contributed by atoms with Gasteiger partial charge in [0.1, 0.15) is 0 Å². The van der Waals surface area contributed by atoms with Crippen molar-refractivity contribution in [2.24, 2.45) is 5.73 Å². The highest BCUT2D eigenvalue weighted by Gasteiger charge is 2.38. The predicted molar refractivity (Wildman–Crippen MR) is 142 cm³/mol. The number of nitrogens with one attached hydrogen (secondary N) is 2. The number of carbonyl (C=O) groups is 3. The summed E-state index contributed by atoms with van der Waals surface area (Å²) < 4.78 is 31.7. The summed E-state index contributed by atoms with van der Waals surface area (Å²) in [4.78, 5) is 35.1. The maximum absolute atomic E-state index is 12.5. The van der Waals surface area contributed by atoms with Gasteiger partial charge in [-0.2, -0.15) is 13.2 Å². The Morgan fingerprint density at radius 2 is 1.54 bits per heavy atom. The zero-order chi connectivity index (χ0) is 28.7. The van der Waals surface area contributed by atoms with E-state index >= 15 is 0 Å². The molecular weight excluding hydrogens is 513 g/mol. The van der Waals surface area contributed by atoms with Crippen LogP contribution in [0.25, 0.3) is 5.57 Å². The van der Waals surface area contributed by atoms with Gasteiger partial charge in [-0.15, -0.1) is 0 Å². The second-order valence-electron chi connectivity index (χ2n) is 8.86. The molecule has 0 radical (unpaired) electrons. The summed E-state index contributed by atoms with van der Waals surface area (Å²) in [6, 6.07) is 23.6. The number of carboxylic acid groups (broad SMARTS) is 1. The molecule has 39 heavy (non-hydrogen) atoms. The number of carboxylic acids is 1. The molecule has 0 aliphatic carbocycles. The first-order valence-electron chi connectivity index (χ1n) is 11.7. The zero-order valence-electron chi connectivity index (χ0n) is 21.2. The standard InChI is InChI=1S/C26H26N4O2.C2HF3O2/c1-17(24-22-13-10-20(25(27)31)14-23(22)29-26(24)32)28-21-11-8-19(9-12-21)16-30(2)15-18-6-4-3-5-7-18;3-2(4,5)1(6)7/h3-14,28H,15-16H2,1-2H3,(H2,27,31)(H,29,32);(H,6,7)/b24-17-;. The van der Waals surface area contributed by atoms with Crippen molar-refractivity contribution in [1.82, 2.24) is 4.90 Å². The lowest BCUT2D eigenvalue weighted by Gasteiger charge is -2.17. The maximum Gasteiger partial charge on any atom is 0.490 e. The van der Waals surface area contributed by atoms with Crippen LogP contribution in [0.5, 0.6) is 0 Å². The fourth-order valence-corrected chi connectivity index (χ4v) is 3.93. The second-order valence-corrected chi connectivity index (χ2v) is 8.86. The lowest BCUT2D eigenvalue weighted by atomic mass is 10.0. The van der Waals surface area contributed by atoms with Gasteiger partial charge < -0.3 is 21.5 Å². The minimum Gasteiger partial charge on any atom is -0.475 e. The number of fused-ring (bicyclic) bond motifs is 1. The van der Waals surface area contributed by atoms with E-state index in [-0.39, 0.29) is 5.91 Å². The summed E-state index contributed by atoms with van der Waals surface area (Å²) in [6.07, 6.45) is -5.08. The first-order valence-corrected chi connectivity index (χ1v) is 11.7. The van der Waals surface area contributed by atoms with Crippen LogP contribution in [-0.2, 0) is 22.7 Å². The highest BCUT2D eigenvalue weighted by atomic mass is 19.4. The summed E-state index contributed by atoms with van der Waals surface area (Å²) in [7, 11) is 2.10. The SMILES string of the molecule is C/C(Nc1ccc(CN(C)Cc2ccccc2)cc1)=C1/C(=O)Nc2cc(C(N)=O)ccc21.O=C(O)C(F)(F)F. The number of allylic oxidation sites excluding steroid dienone is 1. The number of carbonyl (C=O) groups excluding carboxylic acids is 2. The number of hydrogen-bond donors (Lipinski definition) is 4. The summed E-state index contributed by atoms with van der Waals surface area (Å²) >= 11 is 0. The first-order chi connectivity index (χ1) is 18.3. The number of nitrogens with two attached hydrogens (primary N) is 1. The normalized spacial score (nSPS) is 13.6. The van der Waals surface area contributed by atoms with Crippen LogP contribution >= 0.6 is 0 Å². The Morgan fingerprint density at radius 1 is 0.974 bits per heavy atom. The van der Waals surface area contributed by atoms with E-state index in [1.807, 2.05) is 25.1 Å². The molecule has 3 aromatic carbocycles. The highest BCUT2D eigenvalue weighted by molar-refractivity contribution is 6.32. The Morgan fingerprint density at radius 3 is 2.08 bits per heavy atom. The molecule has 4 rings (SSSR count). The number of nitrogens with zero attached hydrogens (tertiary/aromatic N) is 1. The van der Waals surface area contributed by atoms with Gasteiger partial charge in [0, 0.05) is 41.3 Å². The Hall–Kier alpha value is -4.64. The van der Waals surface area contributed by atoms with Crippen molar-refractivity contribution in [3.8, 4) is 0 Å². The number of benzene rings is 3. The van der Waals surface area contributed by atoms with E-state index in [9.17, 15) is 22.8 Å². The smallest absolute Gasteiger partial charge is 0.475 e. The van der Waals surface area contributed by atoms with Crippen LogP contribution in [-0.4, -0.2) is 41.0 Å². The van der Waals surface area contributed by atoms with Crippen LogP contribution in [0.2, 0.25) is 0 Å². The monoisotopic (exact) mass is 540 g/mol. The third-order valence-corrected chi connectivity index (χ3v) is 5.70. The third-order valence-electron chi connectivity index (χ3n) is 5.70. The Labute approximate surface area is 222 Å². The van der Waals surface area contributed by atoms with Crippen molar-refractivity contribution in [2.75, 3.05) is 17.7 Å². The lowest BCUT2D eigenvalue weighted by Crippen LogP contribution is -2.21. The van der Waals surface area contributed by atoms with Gasteiger partial charge in [-0.05, 0) is 49.4 Å². The summed E-state index contributed by atoms with van der Waals surface area (Å²) in [5.74, 6) is -3.48. The number of anilines is 2. The van der Waals surface area contributed by atoms with E-state index in [4.69, 9.17) is 15.6 Å². The van der Waals surface area contributed by atoms with Gasteiger partial charge in [0.05, 0.1) is 5.57 Å². The summed E-state index contributed by atoms with van der Waals surface area (Å²) in [6.45, 7) is 3.60. The van der Waals surface area contributed by atoms with Crippen LogP contribution in [0.3, 0.4) is 0 Å². The van der Waals surface area contributed by atoms with Gasteiger partial charge in [0.25, 0.3) is 5.91 Å². The van der Waals surface area contributed by atoms with Crippen molar-refractivity contribution >= 4 is 34.7 Å². The van der Waals surface area contributed by atoms with Crippen LogP contribution in [0, 0.1) is 0 Å². The van der Waals surface area contributed by atoms with Crippen LogP contribution < -0.4 is 16.4 Å². The molecule has 0 saturated heterocycles. The highest BCUT2D eigenvalue weighted by Crippen LogP contribution is 2.34. The van der Waals surface area contributed by atoms with E-state index < -0.39 is 18.1 Å². The van der Waals surface area contributed by atoms with Crippen LogP contribution in [0.4, 0.5) is 24.5 Å². The lowest BCUT2D eigenvalue weighted by molar-refractivity contribution is -0.192. The molecule has 5 N–H and O–H groups in total. The molecule has 0 saturated carbocycles. The molecule has 8 nitrogen and oxygen atoms in total. The van der Waals surface area contributed by atoms with E-state index in [0.29, 0.717) is 16.8 Å². The first kappa shape index (κ1) is 28.9. The summed E-state index contributed by atoms with van der Waals surface area (Å²) in [5, 5.41) is 13.3. The molecule has 3 aromatic rings. The van der Waals surface area contributed by atoms with Crippen LogP contribution in [0.15, 0.2) is 78.5 Å². The second kappa shape index (κ2) is 12.3. The third kappa shape index (κ3) is 7.92. The van der Waals surface area contributed by atoms with Gasteiger partial charge in [0.15, 0.2) is 0 Å². The van der Waals surface area contributed by atoms with Crippen LogP contribution in [0.1, 0.15) is 34.0 Å². The Kier molecular flexibility index (Phi) is 9.10. The number of primary amides is 1. The van der Waals surface area contributed by atoms with E-state index in [1.54, 1.807) is 18.2 Å². The maximum atomic E-state index is 12.5. The topological polar surface area (TPSA) is 125 Å². The molecule has 1 heterocycles. The molecule has 0 aromatic heterocycles. The van der Waals surface area contributed by atoms with Gasteiger partial charge >= 0.3 is 12.1 Å². The zero-order valence-corrected chi connectivity index (χ0v) is 21.2. The van der Waals surface area contributed by atoms with Crippen molar-refractivity contribution in [1.29, 1.82) is 0 Å².